The molecule has 0 spiro atoms. The van der Waals surface area contributed by atoms with Gasteiger partial charge in [0, 0.05) is 5.39 Å². The van der Waals surface area contributed by atoms with Gasteiger partial charge in [-0.3, -0.25) is 0 Å². The first-order valence-corrected chi connectivity index (χ1v) is 8.75. The molecule has 0 fully saturated rings. The zero-order valence-corrected chi connectivity index (χ0v) is 14.5. The smallest absolute Gasteiger partial charge is 0.166 e. The highest BCUT2D eigenvalue weighted by Crippen LogP contribution is 2.29. The fourth-order valence-electron chi connectivity index (χ4n) is 3.15. The van der Waals surface area contributed by atoms with Gasteiger partial charge in [0.1, 0.15) is 0 Å². The molecule has 0 aliphatic rings. The molecule has 0 radical (unpaired) electrons. The number of hydrogen-bond donors (Lipinski definition) is 0. The average molecular weight is 336 g/mol. The highest BCUT2D eigenvalue weighted by Gasteiger charge is 2.14. The van der Waals surface area contributed by atoms with Crippen LogP contribution in [0.4, 0.5) is 8.78 Å². The van der Waals surface area contributed by atoms with Crippen LogP contribution in [0.3, 0.4) is 0 Å². The van der Waals surface area contributed by atoms with Gasteiger partial charge in [0.25, 0.3) is 0 Å². The minimum absolute atomic E-state index is 0.329. The molecule has 0 atom stereocenters. The molecular weight excluding hydrogens is 314 g/mol. The third-order valence-corrected chi connectivity index (χ3v) is 4.54. The summed E-state index contributed by atoms with van der Waals surface area (Å²) < 4.78 is 28.9. The molecule has 0 N–H and O–H groups in total. The van der Waals surface area contributed by atoms with Crippen molar-refractivity contribution in [1.29, 1.82) is 0 Å². The van der Waals surface area contributed by atoms with Crippen LogP contribution in [-0.4, -0.2) is 0 Å². The predicted octanol–water partition coefficient (Wildman–Crippen LogP) is 6.86. The third-order valence-electron chi connectivity index (χ3n) is 4.54. The van der Waals surface area contributed by atoms with Gasteiger partial charge in [0.2, 0.25) is 0 Å². The molecule has 0 saturated carbocycles. The van der Waals surface area contributed by atoms with Crippen LogP contribution in [0.2, 0.25) is 0 Å². The van der Waals surface area contributed by atoms with Gasteiger partial charge in [-0.2, -0.15) is 0 Å². The van der Waals surface area contributed by atoms with E-state index in [2.05, 4.69) is 25.6 Å². The maximum Gasteiger partial charge on any atom is 0.166 e. The molecule has 2 heteroatoms. The second-order valence-electron chi connectivity index (χ2n) is 6.37. The van der Waals surface area contributed by atoms with Crippen LogP contribution in [0.5, 0.6) is 0 Å². The fraction of sp³-hybridized carbons (Fsp3) is 0.217. The number of aryl methyl sites for hydroxylation is 2. The number of halogens is 2. The van der Waals surface area contributed by atoms with Crippen molar-refractivity contribution in [3.8, 4) is 11.1 Å². The van der Waals surface area contributed by atoms with Gasteiger partial charge in [-0.1, -0.05) is 55.8 Å². The number of hydrogen-bond acceptors (Lipinski definition) is 0. The van der Waals surface area contributed by atoms with Crippen molar-refractivity contribution in [2.24, 2.45) is 0 Å². The lowest BCUT2D eigenvalue weighted by Gasteiger charge is -2.10. The summed E-state index contributed by atoms with van der Waals surface area (Å²) in [4.78, 5) is 0. The van der Waals surface area contributed by atoms with E-state index in [0.717, 1.165) is 29.4 Å². The van der Waals surface area contributed by atoms with Crippen LogP contribution in [0, 0.1) is 11.6 Å². The summed E-state index contributed by atoms with van der Waals surface area (Å²) in [7, 11) is 0. The van der Waals surface area contributed by atoms with Gasteiger partial charge >= 0.3 is 0 Å². The van der Waals surface area contributed by atoms with E-state index in [1.54, 1.807) is 18.2 Å². The van der Waals surface area contributed by atoms with Gasteiger partial charge in [-0.05, 0) is 59.0 Å². The minimum atomic E-state index is -0.763. The highest BCUT2D eigenvalue weighted by molar-refractivity contribution is 5.88. The molecule has 0 heterocycles. The summed E-state index contributed by atoms with van der Waals surface area (Å²) >= 11 is 0. The Balaban J connectivity index is 2.01. The van der Waals surface area contributed by atoms with Gasteiger partial charge < -0.3 is 0 Å². The fourth-order valence-corrected chi connectivity index (χ4v) is 3.15. The predicted molar refractivity (Wildman–Crippen MR) is 102 cm³/mol. The molecule has 3 aromatic rings. The average Bonchev–Trinajstić information content (AvgIpc) is 2.64. The molecule has 0 unspecified atom stereocenters. The monoisotopic (exact) mass is 336 g/mol. The zero-order chi connectivity index (χ0) is 17.8. The van der Waals surface area contributed by atoms with Gasteiger partial charge in [0.15, 0.2) is 11.6 Å². The Morgan fingerprint density at radius 2 is 1.60 bits per heavy atom. The van der Waals surface area contributed by atoms with E-state index in [9.17, 15) is 8.78 Å². The SMILES string of the molecule is C=CCCc1cc2ccc(-c3ccc(CCC)cc3)cc2c(F)c1F. The van der Waals surface area contributed by atoms with Crippen LogP contribution >= 0.6 is 0 Å². The van der Waals surface area contributed by atoms with Gasteiger partial charge in [-0.25, -0.2) is 8.78 Å². The lowest BCUT2D eigenvalue weighted by Crippen LogP contribution is -1.96. The Morgan fingerprint density at radius 1 is 0.880 bits per heavy atom. The molecule has 3 aromatic carbocycles. The topological polar surface area (TPSA) is 0 Å². The maximum absolute atomic E-state index is 14.5. The van der Waals surface area contributed by atoms with Crippen LogP contribution in [0.1, 0.15) is 30.9 Å². The second-order valence-corrected chi connectivity index (χ2v) is 6.37. The number of allylic oxidation sites excluding steroid dienone is 1. The summed E-state index contributed by atoms with van der Waals surface area (Å²) in [5.41, 5.74) is 3.60. The molecule has 25 heavy (non-hydrogen) atoms. The van der Waals surface area contributed by atoms with Crippen molar-refractivity contribution in [1.82, 2.24) is 0 Å². The van der Waals surface area contributed by atoms with Crippen LogP contribution < -0.4 is 0 Å². The molecule has 0 bridgehead atoms. The largest absolute Gasteiger partial charge is 0.203 e. The molecule has 0 nitrogen and oxygen atoms in total. The van der Waals surface area contributed by atoms with Crippen LogP contribution in [0.15, 0.2) is 61.2 Å². The van der Waals surface area contributed by atoms with Crippen molar-refractivity contribution in [2.45, 2.75) is 32.6 Å². The highest BCUT2D eigenvalue weighted by atomic mass is 19.2. The standard InChI is InChI=1S/C23H22F2/c1-3-5-7-20-14-19-13-12-18(15-21(19)23(25)22(20)24)17-10-8-16(6-4-2)9-11-17/h3,8-15H,1,4-7H2,2H3. The van der Waals surface area contributed by atoms with E-state index in [1.165, 1.54) is 5.56 Å². The molecule has 0 aromatic heterocycles. The van der Waals surface area contributed by atoms with E-state index in [-0.39, 0.29) is 0 Å². The van der Waals surface area contributed by atoms with Gasteiger partial charge in [-0.15, -0.1) is 6.58 Å². The number of benzene rings is 3. The van der Waals surface area contributed by atoms with E-state index in [4.69, 9.17) is 0 Å². The van der Waals surface area contributed by atoms with Crippen LogP contribution in [-0.2, 0) is 12.8 Å². The molecule has 0 saturated heterocycles. The first-order valence-electron chi connectivity index (χ1n) is 8.75. The molecule has 0 aliphatic carbocycles. The van der Waals surface area contributed by atoms with Crippen molar-refractivity contribution in [2.75, 3.05) is 0 Å². The third kappa shape index (κ3) is 3.63. The van der Waals surface area contributed by atoms with E-state index in [0.29, 0.717) is 23.8 Å². The summed E-state index contributed by atoms with van der Waals surface area (Å²) in [6, 6.07) is 15.6. The Kier molecular flexibility index (Phi) is 5.28. The molecule has 0 aliphatic heterocycles. The van der Waals surface area contributed by atoms with Crippen molar-refractivity contribution in [3.05, 3.63) is 83.9 Å². The first-order chi connectivity index (χ1) is 12.1. The van der Waals surface area contributed by atoms with Crippen molar-refractivity contribution in [3.63, 3.8) is 0 Å². The van der Waals surface area contributed by atoms with Crippen molar-refractivity contribution < 1.29 is 8.78 Å². The summed E-state index contributed by atoms with van der Waals surface area (Å²) in [6.45, 7) is 5.79. The lowest BCUT2D eigenvalue weighted by molar-refractivity contribution is 0.507. The Bertz CT molecular complexity index is 892. The normalized spacial score (nSPS) is 11.0. The molecule has 128 valence electrons. The summed E-state index contributed by atoms with van der Waals surface area (Å²) in [5, 5.41) is 1.05. The second kappa shape index (κ2) is 7.60. The van der Waals surface area contributed by atoms with E-state index >= 15 is 0 Å². The van der Waals surface area contributed by atoms with Gasteiger partial charge in [0.05, 0.1) is 0 Å². The molecule has 3 rings (SSSR count). The quantitative estimate of drug-likeness (QED) is 0.431. The summed E-state index contributed by atoms with van der Waals surface area (Å²) in [5.74, 6) is -1.51. The molecule has 0 amide bonds. The summed E-state index contributed by atoms with van der Waals surface area (Å²) in [6.07, 6.45) is 4.96. The number of fused-ring (bicyclic) bond motifs is 1. The first kappa shape index (κ1) is 17.3. The van der Waals surface area contributed by atoms with Crippen molar-refractivity contribution >= 4 is 10.8 Å². The Labute approximate surface area is 147 Å². The lowest BCUT2D eigenvalue weighted by atomic mass is 9.97. The molecular formula is C23H22F2. The van der Waals surface area contributed by atoms with Crippen LogP contribution in [0.25, 0.3) is 21.9 Å². The Hall–Kier alpha value is -2.48. The minimum Gasteiger partial charge on any atom is -0.203 e. The van der Waals surface area contributed by atoms with E-state index < -0.39 is 11.6 Å². The Morgan fingerprint density at radius 3 is 2.28 bits per heavy atom. The number of rotatable bonds is 6. The maximum atomic E-state index is 14.5. The van der Waals surface area contributed by atoms with E-state index in [1.807, 2.05) is 24.3 Å². The zero-order valence-electron chi connectivity index (χ0n) is 14.5.